The largest absolute Gasteiger partial charge is 0.303 e. The zero-order chi connectivity index (χ0) is 13.9. The lowest BCUT2D eigenvalue weighted by Crippen LogP contribution is -2.39. The van der Waals surface area contributed by atoms with Gasteiger partial charge in [-0.15, -0.1) is 0 Å². The van der Waals surface area contributed by atoms with E-state index in [4.69, 9.17) is 0 Å². The molecule has 1 saturated heterocycles. The zero-order valence-electron chi connectivity index (χ0n) is 13.7. The monoisotopic (exact) mass is 268 g/mol. The predicted molar refractivity (Wildman–Crippen MR) is 85.7 cm³/mol. The molecule has 0 saturated carbocycles. The standard InChI is InChI=1S/C17H36N2/c1-4-7-8-13-18-14-9-17(10-15-18)16-19(11-5-2)12-6-3/h17H,4-16H2,1-3H3. The van der Waals surface area contributed by atoms with Crippen molar-refractivity contribution in [2.45, 2.75) is 65.7 Å². The molecule has 0 radical (unpaired) electrons. The van der Waals surface area contributed by atoms with Gasteiger partial charge in [0, 0.05) is 6.54 Å². The van der Waals surface area contributed by atoms with Crippen LogP contribution in [-0.4, -0.2) is 49.1 Å². The molecule has 19 heavy (non-hydrogen) atoms. The van der Waals surface area contributed by atoms with Crippen LogP contribution in [0.2, 0.25) is 0 Å². The third kappa shape index (κ3) is 7.31. The Labute approximate surface area is 121 Å². The molecule has 0 atom stereocenters. The fraction of sp³-hybridized carbons (Fsp3) is 1.00. The van der Waals surface area contributed by atoms with Gasteiger partial charge in [0.05, 0.1) is 0 Å². The highest BCUT2D eigenvalue weighted by molar-refractivity contribution is 4.75. The number of piperidine rings is 1. The molecular weight excluding hydrogens is 232 g/mol. The van der Waals surface area contributed by atoms with E-state index in [0.717, 1.165) is 5.92 Å². The maximum absolute atomic E-state index is 2.69. The van der Waals surface area contributed by atoms with E-state index in [9.17, 15) is 0 Å². The number of likely N-dealkylation sites (tertiary alicyclic amines) is 1. The van der Waals surface area contributed by atoms with Gasteiger partial charge in [-0.3, -0.25) is 0 Å². The van der Waals surface area contributed by atoms with Crippen LogP contribution in [0.3, 0.4) is 0 Å². The van der Waals surface area contributed by atoms with Gasteiger partial charge >= 0.3 is 0 Å². The summed E-state index contributed by atoms with van der Waals surface area (Å²) in [6.45, 7) is 14.9. The molecule has 1 aliphatic heterocycles. The Morgan fingerprint density at radius 2 is 1.53 bits per heavy atom. The summed E-state index contributed by atoms with van der Waals surface area (Å²) in [7, 11) is 0. The first kappa shape index (κ1) is 17.0. The smallest absolute Gasteiger partial charge is 0.00106 e. The van der Waals surface area contributed by atoms with Gasteiger partial charge < -0.3 is 9.80 Å². The van der Waals surface area contributed by atoms with Gasteiger partial charge in [-0.1, -0.05) is 33.6 Å². The fourth-order valence-electron chi connectivity index (χ4n) is 3.27. The highest BCUT2D eigenvalue weighted by Crippen LogP contribution is 2.19. The van der Waals surface area contributed by atoms with E-state index >= 15 is 0 Å². The molecule has 0 aromatic heterocycles. The summed E-state index contributed by atoms with van der Waals surface area (Å²) in [4.78, 5) is 5.38. The number of hydrogen-bond acceptors (Lipinski definition) is 2. The van der Waals surface area contributed by atoms with Crippen molar-refractivity contribution < 1.29 is 0 Å². The molecule has 0 amide bonds. The first-order valence-corrected chi connectivity index (χ1v) is 8.74. The average Bonchev–Trinajstić information content (AvgIpc) is 2.42. The van der Waals surface area contributed by atoms with Crippen molar-refractivity contribution in [3.8, 4) is 0 Å². The van der Waals surface area contributed by atoms with Crippen LogP contribution < -0.4 is 0 Å². The third-order valence-electron chi connectivity index (χ3n) is 4.38. The van der Waals surface area contributed by atoms with E-state index < -0.39 is 0 Å². The van der Waals surface area contributed by atoms with Crippen LogP contribution >= 0.6 is 0 Å². The highest BCUT2D eigenvalue weighted by atomic mass is 15.1. The molecular formula is C17H36N2. The minimum Gasteiger partial charge on any atom is -0.303 e. The Morgan fingerprint density at radius 3 is 2.05 bits per heavy atom. The summed E-state index contributed by atoms with van der Waals surface area (Å²) < 4.78 is 0. The van der Waals surface area contributed by atoms with E-state index in [2.05, 4.69) is 30.6 Å². The second-order valence-corrected chi connectivity index (χ2v) is 6.29. The Bertz CT molecular complexity index is 191. The zero-order valence-corrected chi connectivity index (χ0v) is 13.7. The molecule has 0 aromatic rings. The molecule has 1 heterocycles. The average molecular weight is 268 g/mol. The molecule has 0 bridgehead atoms. The summed E-state index contributed by atoms with van der Waals surface area (Å²) in [5.74, 6) is 0.959. The van der Waals surface area contributed by atoms with Gasteiger partial charge in [-0.2, -0.15) is 0 Å². The van der Waals surface area contributed by atoms with Crippen molar-refractivity contribution in [2.24, 2.45) is 5.92 Å². The molecule has 0 unspecified atom stereocenters. The Morgan fingerprint density at radius 1 is 0.895 bits per heavy atom. The Kier molecular flexibility index (Phi) is 9.54. The lowest BCUT2D eigenvalue weighted by Gasteiger charge is -2.34. The van der Waals surface area contributed by atoms with Crippen molar-refractivity contribution >= 4 is 0 Å². The van der Waals surface area contributed by atoms with E-state index in [1.807, 2.05) is 0 Å². The van der Waals surface area contributed by atoms with Crippen LogP contribution in [0.25, 0.3) is 0 Å². The SMILES string of the molecule is CCCCCN1CCC(CN(CCC)CCC)CC1. The van der Waals surface area contributed by atoms with Gasteiger partial charge in [0.25, 0.3) is 0 Å². The molecule has 0 aromatic carbocycles. The quantitative estimate of drug-likeness (QED) is 0.552. The summed E-state index contributed by atoms with van der Waals surface area (Å²) in [5.41, 5.74) is 0. The minimum atomic E-state index is 0.959. The molecule has 2 heteroatoms. The molecule has 2 nitrogen and oxygen atoms in total. The van der Waals surface area contributed by atoms with E-state index in [-0.39, 0.29) is 0 Å². The Balaban J connectivity index is 2.17. The normalized spacial score (nSPS) is 18.3. The molecule has 114 valence electrons. The summed E-state index contributed by atoms with van der Waals surface area (Å²) >= 11 is 0. The highest BCUT2D eigenvalue weighted by Gasteiger charge is 2.20. The molecule has 0 spiro atoms. The van der Waals surface area contributed by atoms with Crippen LogP contribution in [0.5, 0.6) is 0 Å². The van der Waals surface area contributed by atoms with Crippen LogP contribution in [-0.2, 0) is 0 Å². The van der Waals surface area contributed by atoms with E-state index in [0.29, 0.717) is 0 Å². The van der Waals surface area contributed by atoms with Gasteiger partial charge in [0.2, 0.25) is 0 Å². The number of nitrogens with zero attached hydrogens (tertiary/aromatic N) is 2. The van der Waals surface area contributed by atoms with Gasteiger partial charge in [-0.05, 0) is 70.7 Å². The van der Waals surface area contributed by atoms with Crippen molar-refractivity contribution in [3.05, 3.63) is 0 Å². The second kappa shape index (κ2) is 10.7. The molecule has 1 rings (SSSR count). The first-order chi connectivity index (χ1) is 9.30. The minimum absolute atomic E-state index is 0.959. The van der Waals surface area contributed by atoms with Gasteiger partial charge in [0.15, 0.2) is 0 Å². The summed E-state index contributed by atoms with van der Waals surface area (Å²) in [5, 5.41) is 0. The third-order valence-corrected chi connectivity index (χ3v) is 4.38. The maximum Gasteiger partial charge on any atom is 0.00106 e. The van der Waals surface area contributed by atoms with Crippen molar-refractivity contribution in [2.75, 3.05) is 39.3 Å². The molecule has 0 aliphatic carbocycles. The topological polar surface area (TPSA) is 6.48 Å². The fourth-order valence-corrected chi connectivity index (χ4v) is 3.27. The van der Waals surface area contributed by atoms with Crippen molar-refractivity contribution in [1.82, 2.24) is 9.80 Å². The van der Waals surface area contributed by atoms with Crippen LogP contribution in [0, 0.1) is 5.92 Å². The Hall–Kier alpha value is -0.0800. The van der Waals surface area contributed by atoms with Crippen molar-refractivity contribution in [3.63, 3.8) is 0 Å². The van der Waals surface area contributed by atoms with Crippen LogP contribution in [0.1, 0.15) is 65.7 Å². The van der Waals surface area contributed by atoms with Crippen LogP contribution in [0.4, 0.5) is 0 Å². The summed E-state index contributed by atoms with van der Waals surface area (Å²) in [6, 6.07) is 0. The number of hydrogen-bond donors (Lipinski definition) is 0. The van der Waals surface area contributed by atoms with E-state index in [1.165, 1.54) is 84.2 Å². The summed E-state index contributed by atoms with van der Waals surface area (Å²) in [6.07, 6.45) is 9.61. The first-order valence-electron chi connectivity index (χ1n) is 8.74. The molecule has 0 N–H and O–H groups in total. The van der Waals surface area contributed by atoms with E-state index in [1.54, 1.807) is 0 Å². The van der Waals surface area contributed by atoms with Crippen LogP contribution in [0.15, 0.2) is 0 Å². The van der Waals surface area contributed by atoms with Gasteiger partial charge in [0.1, 0.15) is 0 Å². The second-order valence-electron chi connectivity index (χ2n) is 6.29. The number of rotatable bonds is 10. The lowest BCUT2D eigenvalue weighted by atomic mass is 9.95. The predicted octanol–water partition coefficient (Wildman–Crippen LogP) is 4.01. The van der Waals surface area contributed by atoms with Gasteiger partial charge in [-0.25, -0.2) is 0 Å². The molecule has 1 fully saturated rings. The number of unbranched alkanes of at least 4 members (excludes halogenated alkanes) is 2. The lowest BCUT2D eigenvalue weighted by molar-refractivity contribution is 0.141. The maximum atomic E-state index is 2.69. The van der Waals surface area contributed by atoms with Crippen molar-refractivity contribution in [1.29, 1.82) is 0 Å². The molecule has 1 aliphatic rings.